The van der Waals surface area contributed by atoms with Gasteiger partial charge >= 0.3 is 6.09 Å². The van der Waals surface area contributed by atoms with Crippen molar-refractivity contribution >= 4 is 23.4 Å². The number of amides is 2. The molecule has 0 aliphatic carbocycles. The van der Waals surface area contributed by atoms with Crippen LogP contribution in [0.4, 0.5) is 16.2 Å². The van der Waals surface area contributed by atoms with Crippen molar-refractivity contribution in [2.24, 2.45) is 0 Å². The van der Waals surface area contributed by atoms with Crippen molar-refractivity contribution in [3.05, 3.63) is 33.9 Å². The number of rotatable bonds is 1. The van der Waals surface area contributed by atoms with Crippen molar-refractivity contribution < 1.29 is 19.2 Å². The topological polar surface area (TPSA) is 89.8 Å². The molecule has 106 valence electrons. The van der Waals surface area contributed by atoms with E-state index < -0.39 is 22.5 Å². The maximum atomic E-state index is 12.0. The predicted molar refractivity (Wildman–Crippen MR) is 70.5 cm³/mol. The predicted octanol–water partition coefficient (Wildman–Crippen LogP) is 2.42. The number of carbonyl (C=O) groups is 2. The van der Waals surface area contributed by atoms with E-state index in [1.54, 1.807) is 20.8 Å². The first-order chi connectivity index (χ1) is 9.19. The quantitative estimate of drug-likeness (QED) is 0.581. The van der Waals surface area contributed by atoms with Gasteiger partial charge in [-0.1, -0.05) is 0 Å². The number of hydrogen-bond donors (Lipinski definition) is 0. The van der Waals surface area contributed by atoms with Crippen LogP contribution in [0.25, 0.3) is 0 Å². The van der Waals surface area contributed by atoms with Crippen LogP contribution >= 0.6 is 0 Å². The zero-order chi connectivity index (χ0) is 15.1. The highest BCUT2D eigenvalue weighted by atomic mass is 16.6. The van der Waals surface area contributed by atoms with E-state index in [0.717, 1.165) is 4.90 Å². The number of nitro benzene ring substituents is 1. The third-order valence-electron chi connectivity index (χ3n) is 2.68. The fraction of sp³-hybridized carbons (Fsp3) is 0.385. The van der Waals surface area contributed by atoms with Gasteiger partial charge in [0.05, 0.1) is 17.0 Å². The number of non-ortho nitro benzene ring substituents is 1. The molecule has 0 fully saturated rings. The first-order valence-electron chi connectivity index (χ1n) is 6.02. The molecule has 7 nitrogen and oxygen atoms in total. The van der Waals surface area contributed by atoms with Crippen LogP contribution in [0.15, 0.2) is 18.2 Å². The summed E-state index contributed by atoms with van der Waals surface area (Å²) in [5.41, 5.74) is -0.0338. The maximum Gasteiger partial charge on any atom is 0.421 e. The summed E-state index contributed by atoms with van der Waals surface area (Å²) in [5.74, 6) is -0.449. The van der Waals surface area contributed by atoms with Crippen LogP contribution in [0.5, 0.6) is 0 Å². The second kappa shape index (κ2) is 4.59. The molecule has 20 heavy (non-hydrogen) atoms. The van der Waals surface area contributed by atoms with Crippen LogP contribution in [-0.2, 0) is 16.0 Å². The average Bonchev–Trinajstić information content (AvgIpc) is 2.61. The molecule has 0 atom stereocenters. The van der Waals surface area contributed by atoms with Crippen LogP contribution < -0.4 is 4.90 Å². The number of nitrogens with zero attached hydrogens (tertiary/aromatic N) is 2. The van der Waals surface area contributed by atoms with Crippen molar-refractivity contribution in [2.45, 2.75) is 32.8 Å². The van der Waals surface area contributed by atoms with Crippen molar-refractivity contribution in [1.82, 2.24) is 0 Å². The normalized spacial score (nSPS) is 14.2. The number of benzene rings is 1. The van der Waals surface area contributed by atoms with Gasteiger partial charge in [0.2, 0.25) is 5.91 Å². The van der Waals surface area contributed by atoms with Crippen molar-refractivity contribution in [3.63, 3.8) is 0 Å². The summed E-state index contributed by atoms with van der Waals surface area (Å²) in [6, 6.07) is 3.95. The Morgan fingerprint density at radius 1 is 1.40 bits per heavy atom. The highest BCUT2D eigenvalue weighted by Crippen LogP contribution is 2.33. The summed E-state index contributed by atoms with van der Waals surface area (Å²) in [4.78, 5) is 35.0. The van der Waals surface area contributed by atoms with Gasteiger partial charge in [-0.3, -0.25) is 14.9 Å². The number of fused-ring (bicyclic) bond motifs is 1. The van der Waals surface area contributed by atoms with Gasteiger partial charge < -0.3 is 4.74 Å². The minimum Gasteiger partial charge on any atom is -0.443 e. The van der Waals surface area contributed by atoms with Crippen LogP contribution in [0.3, 0.4) is 0 Å². The first-order valence-corrected chi connectivity index (χ1v) is 6.02. The lowest BCUT2D eigenvalue weighted by Gasteiger charge is -2.23. The summed E-state index contributed by atoms with van der Waals surface area (Å²) in [6.45, 7) is 5.09. The van der Waals surface area contributed by atoms with Gasteiger partial charge in [0.1, 0.15) is 5.60 Å². The van der Waals surface area contributed by atoms with Crippen molar-refractivity contribution in [1.29, 1.82) is 0 Å². The zero-order valence-corrected chi connectivity index (χ0v) is 11.4. The molecule has 0 saturated carbocycles. The van der Waals surface area contributed by atoms with Gasteiger partial charge in [-0.15, -0.1) is 0 Å². The Labute approximate surface area is 115 Å². The van der Waals surface area contributed by atoms with Crippen molar-refractivity contribution in [2.75, 3.05) is 4.90 Å². The lowest BCUT2D eigenvalue weighted by Crippen LogP contribution is -2.38. The molecule has 1 aliphatic heterocycles. The third-order valence-corrected chi connectivity index (χ3v) is 2.68. The van der Waals surface area contributed by atoms with Gasteiger partial charge in [-0.25, -0.2) is 9.69 Å². The minimum atomic E-state index is -0.768. The van der Waals surface area contributed by atoms with Crippen LogP contribution in [0.1, 0.15) is 26.3 Å². The Bertz CT molecular complexity index is 603. The second-order valence-corrected chi connectivity index (χ2v) is 5.46. The minimum absolute atomic E-state index is 0.0454. The standard InChI is InChI=1S/C13H14N2O5/c1-13(2,3)20-12(17)14-10-5-4-9(15(18)19)6-8(10)7-11(14)16/h4-6H,7H2,1-3H3. The molecule has 0 N–H and O–H groups in total. The van der Waals surface area contributed by atoms with Crippen LogP contribution in [-0.4, -0.2) is 22.5 Å². The number of imide groups is 1. The molecule has 0 bridgehead atoms. The van der Waals surface area contributed by atoms with Crippen molar-refractivity contribution in [3.8, 4) is 0 Å². The SMILES string of the molecule is CC(C)(C)OC(=O)N1C(=O)Cc2cc([N+](=O)[O-])ccc21. The molecule has 0 aromatic heterocycles. The molecule has 1 heterocycles. The van der Waals surface area contributed by atoms with Gasteiger partial charge in [0, 0.05) is 12.1 Å². The Kier molecular flexibility index (Phi) is 3.21. The molecule has 0 radical (unpaired) electrons. The lowest BCUT2D eigenvalue weighted by atomic mass is 10.1. The molecule has 2 rings (SSSR count). The fourth-order valence-corrected chi connectivity index (χ4v) is 1.93. The maximum absolute atomic E-state index is 12.0. The monoisotopic (exact) mass is 278 g/mol. The summed E-state index contributed by atoms with van der Waals surface area (Å²) < 4.78 is 5.16. The van der Waals surface area contributed by atoms with Gasteiger partial charge in [-0.05, 0) is 32.4 Å². The Morgan fingerprint density at radius 2 is 2.05 bits per heavy atom. The molecule has 2 amide bonds. The summed E-state index contributed by atoms with van der Waals surface area (Å²) in [5, 5.41) is 10.7. The average molecular weight is 278 g/mol. The number of ether oxygens (including phenoxy) is 1. The van der Waals surface area contributed by atoms with Gasteiger partial charge in [-0.2, -0.15) is 0 Å². The zero-order valence-electron chi connectivity index (χ0n) is 11.4. The first kappa shape index (κ1) is 14.0. The van der Waals surface area contributed by atoms with E-state index in [2.05, 4.69) is 0 Å². The Morgan fingerprint density at radius 3 is 2.60 bits per heavy atom. The summed E-state index contributed by atoms with van der Waals surface area (Å²) in [7, 11) is 0. The molecule has 0 spiro atoms. The van der Waals surface area contributed by atoms with Gasteiger partial charge in [0.25, 0.3) is 5.69 Å². The lowest BCUT2D eigenvalue weighted by molar-refractivity contribution is -0.384. The van der Waals surface area contributed by atoms with E-state index in [4.69, 9.17) is 4.74 Å². The number of carbonyl (C=O) groups excluding carboxylic acids is 2. The smallest absolute Gasteiger partial charge is 0.421 e. The highest BCUT2D eigenvalue weighted by molar-refractivity contribution is 6.17. The van der Waals surface area contributed by atoms with E-state index in [1.165, 1.54) is 18.2 Å². The third kappa shape index (κ3) is 2.61. The molecule has 7 heteroatoms. The molecule has 1 aromatic carbocycles. The van der Waals surface area contributed by atoms with E-state index >= 15 is 0 Å². The fourth-order valence-electron chi connectivity index (χ4n) is 1.93. The van der Waals surface area contributed by atoms with Crippen LogP contribution in [0, 0.1) is 10.1 Å². The largest absolute Gasteiger partial charge is 0.443 e. The Balaban J connectivity index is 2.34. The summed E-state index contributed by atoms with van der Waals surface area (Å²) >= 11 is 0. The molecule has 1 aliphatic rings. The molecule has 0 unspecified atom stereocenters. The van der Waals surface area contributed by atoms with E-state index in [1.807, 2.05) is 0 Å². The summed E-state index contributed by atoms with van der Waals surface area (Å²) in [6.07, 6.45) is -0.814. The number of hydrogen-bond acceptors (Lipinski definition) is 5. The van der Waals surface area contributed by atoms with E-state index in [9.17, 15) is 19.7 Å². The number of nitro groups is 1. The van der Waals surface area contributed by atoms with E-state index in [0.29, 0.717) is 11.3 Å². The molecule has 0 saturated heterocycles. The van der Waals surface area contributed by atoms with Crippen LogP contribution in [0.2, 0.25) is 0 Å². The number of anilines is 1. The Hall–Kier alpha value is -2.44. The molecular weight excluding hydrogens is 264 g/mol. The van der Waals surface area contributed by atoms with E-state index in [-0.39, 0.29) is 12.1 Å². The molecule has 1 aromatic rings. The second-order valence-electron chi connectivity index (χ2n) is 5.46. The molecular formula is C13H14N2O5. The highest BCUT2D eigenvalue weighted by Gasteiger charge is 2.36. The van der Waals surface area contributed by atoms with Gasteiger partial charge in [0.15, 0.2) is 0 Å².